The highest BCUT2D eigenvalue weighted by Gasteiger charge is 2.35. The van der Waals surface area contributed by atoms with Crippen LogP contribution in [0.15, 0.2) is 28.8 Å². The minimum absolute atomic E-state index is 0.171. The van der Waals surface area contributed by atoms with Crippen LogP contribution in [0.4, 0.5) is 0 Å². The molecule has 0 radical (unpaired) electrons. The largest absolute Gasteiger partial charge is 0.364 e. The van der Waals surface area contributed by atoms with Gasteiger partial charge in [-0.05, 0) is 43.7 Å². The molecule has 0 bridgehead atoms. The highest BCUT2D eigenvalue weighted by Crippen LogP contribution is 2.32. The molecule has 2 aromatic rings. The lowest BCUT2D eigenvalue weighted by Crippen LogP contribution is -2.39. The van der Waals surface area contributed by atoms with Crippen molar-refractivity contribution < 1.29 is 17.7 Å². The van der Waals surface area contributed by atoms with E-state index >= 15 is 0 Å². The van der Waals surface area contributed by atoms with Crippen LogP contribution in [0, 0.1) is 6.92 Å². The van der Waals surface area contributed by atoms with Gasteiger partial charge in [-0.25, -0.2) is 13.1 Å². The van der Waals surface area contributed by atoms with Crippen molar-refractivity contribution in [2.24, 2.45) is 0 Å². The van der Waals surface area contributed by atoms with Crippen LogP contribution in [0.3, 0.4) is 0 Å². The number of benzene rings is 1. The Morgan fingerprint density at radius 2 is 1.92 bits per heavy atom. The van der Waals surface area contributed by atoms with Crippen molar-refractivity contribution in [2.45, 2.75) is 50.1 Å². The van der Waals surface area contributed by atoms with Crippen LogP contribution >= 0.6 is 0 Å². The molecular weight excluding hydrogens is 342 g/mol. The minimum Gasteiger partial charge on any atom is -0.364 e. The number of hydrogen-bond donors (Lipinski definition) is 1. The molecule has 134 valence electrons. The molecule has 0 amide bonds. The fourth-order valence-electron chi connectivity index (χ4n) is 3.55. The first-order valence-corrected chi connectivity index (χ1v) is 10.1. The predicted molar refractivity (Wildman–Crippen MR) is 90.4 cm³/mol. The summed E-state index contributed by atoms with van der Waals surface area (Å²) in [4.78, 5) is 4.18. The molecule has 1 aliphatic heterocycles. The molecule has 1 saturated heterocycles. The molecule has 2 atom stereocenters. The summed E-state index contributed by atoms with van der Waals surface area (Å²) in [6.45, 7) is 2.03. The molecule has 25 heavy (non-hydrogen) atoms. The first kappa shape index (κ1) is 16.7. The third-order valence-corrected chi connectivity index (χ3v) is 6.67. The summed E-state index contributed by atoms with van der Waals surface area (Å²) in [5, 5.41) is 3.36. The number of hydrogen-bond acceptors (Lipinski definition) is 6. The highest BCUT2D eigenvalue weighted by atomic mass is 32.2. The Balaban J connectivity index is 1.33. The average Bonchev–Trinajstić information content (AvgIpc) is 3.31. The summed E-state index contributed by atoms with van der Waals surface area (Å²) in [5.74, 6) is 1.04. The van der Waals surface area contributed by atoms with Crippen molar-refractivity contribution in [3.8, 4) is 0 Å². The zero-order valence-electron chi connectivity index (χ0n) is 14.0. The number of ether oxygens (including phenoxy) is 1. The van der Waals surface area contributed by atoms with Crippen molar-refractivity contribution in [1.29, 1.82) is 0 Å². The van der Waals surface area contributed by atoms with Gasteiger partial charge in [0.1, 0.15) is 6.10 Å². The second kappa shape index (κ2) is 6.51. The van der Waals surface area contributed by atoms with Gasteiger partial charge in [0.05, 0.1) is 11.4 Å². The number of aryl methyl sites for hydroxylation is 1. The maximum atomic E-state index is 12.6. The zero-order chi connectivity index (χ0) is 17.4. The number of nitrogens with one attached hydrogen (secondary N) is 1. The minimum atomic E-state index is -3.37. The summed E-state index contributed by atoms with van der Waals surface area (Å²) in [6, 6.07) is 7.91. The number of nitrogens with zero attached hydrogens (tertiary/aromatic N) is 2. The highest BCUT2D eigenvalue weighted by molar-refractivity contribution is 7.90. The first-order valence-electron chi connectivity index (χ1n) is 8.52. The Morgan fingerprint density at radius 3 is 2.56 bits per heavy atom. The second-order valence-corrected chi connectivity index (χ2v) is 8.74. The number of rotatable bonds is 5. The summed E-state index contributed by atoms with van der Waals surface area (Å²) < 4.78 is 38.9. The molecule has 8 heteroatoms. The van der Waals surface area contributed by atoms with E-state index in [0.29, 0.717) is 24.6 Å². The van der Waals surface area contributed by atoms with Gasteiger partial charge in [0, 0.05) is 6.54 Å². The monoisotopic (exact) mass is 363 g/mol. The van der Waals surface area contributed by atoms with Crippen molar-refractivity contribution in [3.05, 3.63) is 47.1 Å². The van der Waals surface area contributed by atoms with Gasteiger partial charge in [0.15, 0.2) is 5.82 Å². The van der Waals surface area contributed by atoms with Crippen LogP contribution in [0.5, 0.6) is 0 Å². The van der Waals surface area contributed by atoms with Gasteiger partial charge >= 0.3 is 0 Å². The summed E-state index contributed by atoms with van der Waals surface area (Å²) in [6.07, 6.45) is 2.24. The SMILES string of the molecule is Cc1noc([C@@H]2CC[C@H](CNS(=O)(=O)C3Cc4ccccc4C3)O2)n1. The summed E-state index contributed by atoms with van der Waals surface area (Å²) in [7, 11) is -3.37. The lowest BCUT2D eigenvalue weighted by Gasteiger charge is -2.16. The van der Waals surface area contributed by atoms with Gasteiger partial charge in [0.25, 0.3) is 5.89 Å². The van der Waals surface area contributed by atoms with Crippen molar-refractivity contribution in [2.75, 3.05) is 6.54 Å². The standard InChI is InChI=1S/C17H21N3O4S/c1-11-19-17(24-20-11)16-7-6-14(23-16)10-18-25(21,22)15-8-12-4-2-3-5-13(12)9-15/h2-5,14-16,18H,6-10H2,1H3/t14-,16+/m1/s1. The fraction of sp³-hybridized carbons (Fsp3) is 0.529. The van der Waals surface area contributed by atoms with E-state index in [0.717, 1.165) is 24.0 Å². The van der Waals surface area contributed by atoms with Crippen LogP contribution in [0.25, 0.3) is 0 Å². The Morgan fingerprint density at radius 1 is 1.20 bits per heavy atom. The zero-order valence-corrected chi connectivity index (χ0v) is 14.8. The van der Waals surface area contributed by atoms with Crippen molar-refractivity contribution >= 4 is 10.0 Å². The topological polar surface area (TPSA) is 94.3 Å². The molecule has 0 saturated carbocycles. The van der Waals surface area contributed by atoms with Crippen LogP contribution in [-0.2, 0) is 27.6 Å². The van der Waals surface area contributed by atoms with Crippen LogP contribution in [0.1, 0.15) is 41.8 Å². The van der Waals surface area contributed by atoms with Gasteiger partial charge in [-0.1, -0.05) is 29.4 Å². The molecule has 1 aromatic carbocycles. The molecule has 2 heterocycles. The average molecular weight is 363 g/mol. The van der Waals surface area contributed by atoms with E-state index in [4.69, 9.17) is 9.26 Å². The molecule has 0 spiro atoms. The van der Waals surface area contributed by atoms with E-state index in [2.05, 4.69) is 14.9 Å². The molecule has 2 aliphatic rings. The number of fused-ring (bicyclic) bond motifs is 1. The van der Waals surface area contributed by atoms with Gasteiger partial charge in [-0.15, -0.1) is 0 Å². The van der Waals surface area contributed by atoms with E-state index in [1.54, 1.807) is 6.92 Å². The Kier molecular flexibility index (Phi) is 4.35. The molecule has 0 unspecified atom stereocenters. The molecule has 1 N–H and O–H groups in total. The Labute approximate surface area is 146 Å². The Hall–Kier alpha value is -1.77. The molecular formula is C17H21N3O4S. The molecule has 4 rings (SSSR count). The van der Waals surface area contributed by atoms with E-state index in [1.807, 2.05) is 24.3 Å². The third kappa shape index (κ3) is 3.47. The molecule has 7 nitrogen and oxygen atoms in total. The lowest BCUT2D eigenvalue weighted by atomic mass is 10.1. The van der Waals surface area contributed by atoms with E-state index in [1.165, 1.54) is 0 Å². The smallest absolute Gasteiger partial charge is 0.255 e. The fourth-order valence-corrected chi connectivity index (χ4v) is 5.00. The van der Waals surface area contributed by atoms with Crippen LogP contribution in [0.2, 0.25) is 0 Å². The van der Waals surface area contributed by atoms with Crippen molar-refractivity contribution in [3.63, 3.8) is 0 Å². The lowest BCUT2D eigenvalue weighted by molar-refractivity contribution is 0.0289. The predicted octanol–water partition coefficient (Wildman–Crippen LogP) is 1.68. The van der Waals surface area contributed by atoms with Crippen LogP contribution in [-0.4, -0.2) is 36.5 Å². The molecule has 1 aromatic heterocycles. The number of aromatic nitrogens is 2. The first-order chi connectivity index (χ1) is 12.0. The third-order valence-electron chi connectivity index (χ3n) is 4.89. The van der Waals surface area contributed by atoms with E-state index < -0.39 is 15.3 Å². The van der Waals surface area contributed by atoms with Gasteiger partial charge < -0.3 is 9.26 Å². The molecule has 1 aliphatic carbocycles. The number of sulfonamides is 1. The molecule has 1 fully saturated rings. The Bertz CT molecular complexity index is 839. The second-order valence-electron chi connectivity index (χ2n) is 6.70. The van der Waals surface area contributed by atoms with E-state index in [9.17, 15) is 8.42 Å². The van der Waals surface area contributed by atoms with Crippen molar-refractivity contribution in [1.82, 2.24) is 14.9 Å². The maximum absolute atomic E-state index is 12.6. The van der Waals surface area contributed by atoms with Gasteiger partial charge in [-0.2, -0.15) is 4.98 Å². The van der Waals surface area contributed by atoms with Gasteiger partial charge in [0.2, 0.25) is 10.0 Å². The quantitative estimate of drug-likeness (QED) is 0.869. The normalized spacial score (nSPS) is 23.9. The van der Waals surface area contributed by atoms with Gasteiger partial charge in [-0.3, -0.25) is 0 Å². The maximum Gasteiger partial charge on any atom is 0.255 e. The van der Waals surface area contributed by atoms with E-state index in [-0.39, 0.29) is 18.8 Å². The summed E-state index contributed by atoms with van der Waals surface area (Å²) in [5.41, 5.74) is 2.25. The van der Waals surface area contributed by atoms with Crippen LogP contribution < -0.4 is 4.72 Å². The summed E-state index contributed by atoms with van der Waals surface area (Å²) >= 11 is 0.